The summed E-state index contributed by atoms with van der Waals surface area (Å²) in [5.74, 6) is 0.389. The van der Waals surface area contributed by atoms with Crippen LogP contribution in [-0.2, 0) is 6.54 Å². The zero-order valence-corrected chi connectivity index (χ0v) is 17.1. The van der Waals surface area contributed by atoms with Crippen molar-refractivity contribution >= 4 is 28.5 Å². The SMILES string of the molecule is O=C(Nc1c[nH]c2ncc(N3CCCCC3)cc12)Oc1cnn(Cc2ccccc2)c1. The predicted molar refractivity (Wildman–Crippen MR) is 120 cm³/mol. The number of H-pyrrole nitrogens is 1. The number of piperidine rings is 1. The van der Waals surface area contributed by atoms with Gasteiger partial charge in [-0.1, -0.05) is 30.3 Å². The minimum absolute atomic E-state index is 0.389. The van der Waals surface area contributed by atoms with Crippen LogP contribution in [0, 0.1) is 0 Å². The largest absolute Gasteiger partial charge is 0.417 e. The molecule has 8 heteroatoms. The number of carbonyl (C=O) groups excluding carboxylic acids is 1. The number of amides is 1. The average molecular weight is 416 g/mol. The first-order valence-corrected chi connectivity index (χ1v) is 10.5. The molecule has 31 heavy (non-hydrogen) atoms. The maximum Gasteiger partial charge on any atom is 0.417 e. The normalized spacial score (nSPS) is 14.0. The Morgan fingerprint density at radius 1 is 1.13 bits per heavy atom. The van der Waals surface area contributed by atoms with Gasteiger partial charge in [-0.25, -0.2) is 9.78 Å². The van der Waals surface area contributed by atoms with E-state index in [0.717, 1.165) is 35.4 Å². The quantitative estimate of drug-likeness (QED) is 0.503. The molecule has 5 rings (SSSR count). The second kappa shape index (κ2) is 8.51. The van der Waals surface area contributed by atoms with Gasteiger partial charge in [-0.2, -0.15) is 5.10 Å². The molecule has 3 aromatic heterocycles. The summed E-state index contributed by atoms with van der Waals surface area (Å²) in [6, 6.07) is 12.1. The number of anilines is 2. The van der Waals surface area contributed by atoms with Gasteiger partial charge >= 0.3 is 6.09 Å². The summed E-state index contributed by atoms with van der Waals surface area (Å²) >= 11 is 0. The van der Waals surface area contributed by atoms with E-state index >= 15 is 0 Å². The average Bonchev–Trinajstić information content (AvgIpc) is 3.41. The molecule has 4 aromatic rings. The van der Waals surface area contributed by atoms with Crippen LogP contribution in [0.25, 0.3) is 11.0 Å². The van der Waals surface area contributed by atoms with Crippen LogP contribution in [0.5, 0.6) is 5.75 Å². The minimum atomic E-state index is -0.566. The van der Waals surface area contributed by atoms with E-state index in [2.05, 4.69) is 31.3 Å². The zero-order valence-electron chi connectivity index (χ0n) is 17.1. The molecule has 2 N–H and O–H groups in total. The van der Waals surface area contributed by atoms with Crippen LogP contribution in [-0.4, -0.2) is 38.9 Å². The molecule has 1 aromatic carbocycles. The number of fused-ring (bicyclic) bond motifs is 1. The van der Waals surface area contributed by atoms with Gasteiger partial charge in [0, 0.05) is 24.7 Å². The first kappa shape index (κ1) is 19.2. The summed E-state index contributed by atoms with van der Waals surface area (Å²) in [7, 11) is 0. The standard InChI is InChI=1S/C23H24N6O2/c30-23(31-19-13-26-29(16-19)15-17-7-3-1-4-8-17)27-21-14-25-22-20(21)11-18(12-24-22)28-9-5-2-6-10-28/h1,3-4,7-8,11-14,16H,2,5-6,9-10,15H2,(H,24,25)(H,27,30). The summed E-state index contributed by atoms with van der Waals surface area (Å²) in [6.07, 6.45) is 9.96. The fourth-order valence-electron chi connectivity index (χ4n) is 3.92. The van der Waals surface area contributed by atoms with Gasteiger partial charge in [0.05, 0.1) is 36.5 Å². The number of carbonyl (C=O) groups is 1. The summed E-state index contributed by atoms with van der Waals surface area (Å²) in [5.41, 5.74) is 3.57. The lowest BCUT2D eigenvalue weighted by molar-refractivity contribution is 0.215. The number of nitrogens with zero attached hydrogens (tertiary/aromatic N) is 4. The van der Waals surface area contributed by atoms with Crippen LogP contribution in [0.4, 0.5) is 16.2 Å². The topological polar surface area (TPSA) is 88.1 Å². The lowest BCUT2D eigenvalue weighted by Crippen LogP contribution is -2.29. The summed E-state index contributed by atoms with van der Waals surface area (Å²) in [5, 5.41) is 7.94. The number of nitrogens with one attached hydrogen (secondary N) is 2. The molecule has 0 aliphatic carbocycles. The molecule has 0 spiro atoms. The first-order chi connectivity index (χ1) is 15.2. The molecule has 0 radical (unpaired) electrons. The number of ether oxygens (including phenoxy) is 1. The summed E-state index contributed by atoms with van der Waals surface area (Å²) < 4.78 is 7.16. The van der Waals surface area contributed by atoms with Crippen molar-refractivity contribution in [1.82, 2.24) is 19.7 Å². The number of aromatic nitrogens is 4. The van der Waals surface area contributed by atoms with Crippen LogP contribution < -0.4 is 15.0 Å². The lowest BCUT2D eigenvalue weighted by atomic mass is 10.1. The van der Waals surface area contributed by atoms with Crippen LogP contribution in [0.1, 0.15) is 24.8 Å². The number of hydrogen-bond donors (Lipinski definition) is 2. The van der Waals surface area contributed by atoms with Crippen molar-refractivity contribution in [3.05, 3.63) is 66.7 Å². The van der Waals surface area contributed by atoms with Crippen molar-refractivity contribution in [2.45, 2.75) is 25.8 Å². The van der Waals surface area contributed by atoms with Crippen molar-refractivity contribution in [2.75, 3.05) is 23.3 Å². The van der Waals surface area contributed by atoms with Crippen LogP contribution in [0.2, 0.25) is 0 Å². The van der Waals surface area contributed by atoms with Gasteiger partial charge < -0.3 is 14.6 Å². The molecular formula is C23H24N6O2. The van der Waals surface area contributed by atoms with Gasteiger partial charge in [0.2, 0.25) is 0 Å². The Morgan fingerprint density at radius 3 is 2.81 bits per heavy atom. The third-order valence-corrected chi connectivity index (χ3v) is 5.48. The second-order valence-corrected chi connectivity index (χ2v) is 7.71. The van der Waals surface area contributed by atoms with Crippen LogP contribution in [0.3, 0.4) is 0 Å². The van der Waals surface area contributed by atoms with Gasteiger partial charge in [0.1, 0.15) is 5.65 Å². The third kappa shape index (κ3) is 4.37. The third-order valence-electron chi connectivity index (χ3n) is 5.48. The molecule has 0 unspecified atom stereocenters. The van der Waals surface area contributed by atoms with Gasteiger partial charge in [0.15, 0.2) is 5.75 Å². The highest BCUT2D eigenvalue weighted by Crippen LogP contribution is 2.28. The Morgan fingerprint density at radius 2 is 1.97 bits per heavy atom. The maximum absolute atomic E-state index is 12.5. The molecule has 1 aliphatic heterocycles. The van der Waals surface area contributed by atoms with Gasteiger partial charge in [-0.05, 0) is 30.9 Å². The van der Waals surface area contributed by atoms with E-state index in [1.807, 2.05) is 36.5 Å². The molecule has 1 aliphatic rings. The van der Waals surface area contributed by atoms with E-state index in [9.17, 15) is 4.79 Å². The van der Waals surface area contributed by atoms with Crippen LogP contribution >= 0.6 is 0 Å². The number of benzene rings is 1. The fourth-order valence-corrected chi connectivity index (χ4v) is 3.92. The Hall–Kier alpha value is -3.81. The van der Waals surface area contributed by atoms with Gasteiger partial charge in [-0.3, -0.25) is 10.00 Å². The Bertz CT molecular complexity index is 1180. The molecule has 0 atom stereocenters. The first-order valence-electron chi connectivity index (χ1n) is 10.5. The fraction of sp³-hybridized carbons (Fsp3) is 0.261. The highest BCUT2D eigenvalue weighted by molar-refractivity contribution is 5.99. The van der Waals surface area contributed by atoms with E-state index < -0.39 is 6.09 Å². The predicted octanol–water partition coefficient (Wildman–Crippen LogP) is 4.41. The van der Waals surface area contributed by atoms with E-state index in [-0.39, 0.29) is 0 Å². The van der Waals surface area contributed by atoms with Crippen molar-refractivity contribution in [3.63, 3.8) is 0 Å². The van der Waals surface area contributed by atoms with Crippen LogP contribution in [0.15, 0.2) is 61.2 Å². The molecule has 0 bridgehead atoms. The number of pyridine rings is 1. The zero-order chi connectivity index (χ0) is 21.0. The minimum Gasteiger partial charge on any atom is -0.407 e. The lowest BCUT2D eigenvalue weighted by Gasteiger charge is -2.28. The highest BCUT2D eigenvalue weighted by atomic mass is 16.6. The monoisotopic (exact) mass is 416 g/mol. The Balaban J connectivity index is 1.26. The molecule has 1 saturated heterocycles. The van der Waals surface area contributed by atoms with Gasteiger partial charge in [0.25, 0.3) is 0 Å². The van der Waals surface area contributed by atoms with E-state index in [0.29, 0.717) is 18.0 Å². The molecule has 0 saturated carbocycles. The molecule has 4 heterocycles. The summed E-state index contributed by atoms with van der Waals surface area (Å²) in [4.78, 5) is 22.4. The number of aromatic amines is 1. The van der Waals surface area contributed by atoms with Crippen molar-refractivity contribution in [3.8, 4) is 5.75 Å². The van der Waals surface area contributed by atoms with Crippen molar-refractivity contribution in [1.29, 1.82) is 0 Å². The number of hydrogen-bond acceptors (Lipinski definition) is 5. The number of rotatable bonds is 5. The van der Waals surface area contributed by atoms with Gasteiger partial charge in [-0.15, -0.1) is 0 Å². The summed E-state index contributed by atoms with van der Waals surface area (Å²) in [6.45, 7) is 2.68. The maximum atomic E-state index is 12.5. The van der Waals surface area contributed by atoms with E-state index in [1.54, 1.807) is 17.1 Å². The smallest absolute Gasteiger partial charge is 0.407 e. The Kier molecular flexibility index (Phi) is 5.26. The molecule has 8 nitrogen and oxygen atoms in total. The molecule has 158 valence electrons. The highest BCUT2D eigenvalue weighted by Gasteiger charge is 2.15. The van der Waals surface area contributed by atoms with Crippen molar-refractivity contribution in [2.24, 2.45) is 0 Å². The Labute approximate surface area is 179 Å². The van der Waals surface area contributed by atoms with E-state index in [1.165, 1.54) is 25.5 Å². The molecular weight excluding hydrogens is 392 g/mol. The van der Waals surface area contributed by atoms with E-state index in [4.69, 9.17) is 4.74 Å². The molecule has 1 fully saturated rings. The second-order valence-electron chi connectivity index (χ2n) is 7.71. The molecule has 1 amide bonds. The van der Waals surface area contributed by atoms with Crippen molar-refractivity contribution < 1.29 is 9.53 Å².